The molecule has 1 N–H and O–H groups in total. The quantitative estimate of drug-likeness (QED) is 0.765. The third kappa shape index (κ3) is 3.13. The van der Waals surface area contributed by atoms with E-state index in [0.29, 0.717) is 24.9 Å². The number of hydrogen-bond donors (Lipinski definition) is 1. The fourth-order valence-electron chi connectivity index (χ4n) is 5.03. The highest BCUT2D eigenvalue weighted by molar-refractivity contribution is 6.09. The summed E-state index contributed by atoms with van der Waals surface area (Å²) in [5.41, 5.74) is 0.499. The first-order valence-corrected chi connectivity index (χ1v) is 10.5. The zero-order valence-electron chi connectivity index (χ0n) is 17.7. The number of carbonyl (C=O) groups is 3. The summed E-state index contributed by atoms with van der Waals surface area (Å²) in [6.07, 6.45) is 1.65. The van der Waals surface area contributed by atoms with Crippen molar-refractivity contribution in [1.29, 1.82) is 0 Å². The molecule has 0 aromatic heterocycles. The molecule has 1 saturated heterocycles. The van der Waals surface area contributed by atoms with Crippen molar-refractivity contribution in [2.45, 2.75) is 46.1 Å². The Labute approximate surface area is 177 Å². The number of nitrogens with one attached hydrogen (secondary N) is 1. The minimum absolute atomic E-state index is 0.218. The van der Waals surface area contributed by atoms with E-state index in [1.807, 2.05) is 69.3 Å². The van der Waals surface area contributed by atoms with Gasteiger partial charge in [-0.1, -0.05) is 69.3 Å². The third-order valence-electron chi connectivity index (χ3n) is 7.38. The van der Waals surface area contributed by atoms with Crippen LogP contribution in [0.3, 0.4) is 0 Å². The summed E-state index contributed by atoms with van der Waals surface area (Å²) in [7, 11) is 0. The van der Waals surface area contributed by atoms with Gasteiger partial charge >= 0.3 is 0 Å². The second-order valence-electron chi connectivity index (χ2n) is 9.22. The van der Waals surface area contributed by atoms with Gasteiger partial charge in [-0.3, -0.25) is 19.3 Å². The lowest BCUT2D eigenvalue weighted by Gasteiger charge is -2.49. The highest BCUT2D eigenvalue weighted by Gasteiger charge is 2.65. The Morgan fingerprint density at radius 1 is 1.03 bits per heavy atom. The van der Waals surface area contributed by atoms with Gasteiger partial charge in [-0.05, 0) is 36.0 Å². The van der Waals surface area contributed by atoms with Crippen LogP contribution < -0.4 is 5.32 Å². The fourth-order valence-corrected chi connectivity index (χ4v) is 5.03. The number of anilines is 1. The average molecular weight is 405 g/mol. The number of carbonyl (C=O) groups excluding carboxylic acids is 3. The van der Waals surface area contributed by atoms with Crippen molar-refractivity contribution >= 4 is 23.4 Å². The number of benzene rings is 2. The van der Waals surface area contributed by atoms with Crippen LogP contribution in [0.2, 0.25) is 0 Å². The highest BCUT2D eigenvalue weighted by atomic mass is 16.2. The maximum absolute atomic E-state index is 13.6. The molecule has 2 bridgehead atoms. The second-order valence-corrected chi connectivity index (χ2v) is 9.22. The molecule has 4 rings (SSSR count). The van der Waals surface area contributed by atoms with E-state index < -0.39 is 16.9 Å². The van der Waals surface area contributed by atoms with Crippen LogP contribution in [0, 0.1) is 16.7 Å². The van der Waals surface area contributed by atoms with E-state index in [-0.39, 0.29) is 23.6 Å². The number of likely N-dealkylation sites (tertiary alicyclic amines) is 1. The van der Waals surface area contributed by atoms with Crippen LogP contribution in [0.4, 0.5) is 5.69 Å². The molecule has 1 aliphatic heterocycles. The normalized spacial score (nSPS) is 25.8. The molecule has 5 nitrogen and oxygen atoms in total. The molecule has 5 heteroatoms. The summed E-state index contributed by atoms with van der Waals surface area (Å²) in [5.74, 6) is -1.03. The smallest absolute Gasteiger partial charge is 0.248 e. The highest BCUT2D eigenvalue weighted by Crippen LogP contribution is 2.60. The summed E-state index contributed by atoms with van der Waals surface area (Å²) < 4.78 is 0. The van der Waals surface area contributed by atoms with Gasteiger partial charge in [-0.2, -0.15) is 0 Å². The molecule has 3 atom stereocenters. The minimum Gasteiger partial charge on any atom is -0.324 e. The van der Waals surface area contributed by atoms with Crippen LogP contribution in [-0.4, -0.2) is 28.7 Å². The molecule has 2 aromatic carbocycles. The largest absolute Gasteiger partial charge is 0.324 e. The number of rotatable bonds is 5. The van der Waals surface area contributed by atoms with Crippen molar-refractivity contribution in [3.05, 3.63) is 66.2 Å². The van der Waals surface area contributed by atoms with E-state index in [4.69, 9.17) is 0 Å². The molecule has 0 spiro atoms. The predicted molar refractivity (Wildman–Crippen MR) is 115 cm³/mol. The maximum atomic E-state index is 13.6. The Kier molecular flexibility index (Phi) is 5.00. The van der Waals surface area contributed by atoms with E-state index in [0.717, 1.165) is 5.56 Å². The number of imide groups is 1. The van der Waals surface area contributed by atoms with Crippen molar-refractivity contribution in [1.82, 2.24) is 4.90 Å². The minimum atomic E-state index is -0.886. The standard InChI is InChI=1S/C25H28N2O3/c1-24(2)19-14-15-25(24,3)23(30)27(22(19)29)20(16-17-10-6-4-7-11-17)21(28)26-18-12-8-5-9-13-18/h4-13,19-20H,14-16H2,1-3H3,(H,26,28). The second kappa shape index (κ2) is 7.38. The molecule has 3 amide bonds. The van der Waals surface area contributed by atoms with Gasteiger partial charge in [0.1, 0.15) is 6.04 Å². The van der Waals surface area contributed by atoms with Gasteiger partial charge in [0.05, 0.1) is 5.41 Å². The molecule has 0 radical (unpaired) electrons. The number of hydrogen-bond acceptors (Lipinski definition) is 3. The average Bonchev–Trinajstić information content (AvgIpc) is 2.92. The molecule has 1 aliphatic carbocycles. The molecular formula is C25H28N2O3. The van der Waals surface area contributed by atoms with Gasteiger partial charge < -0.3 is 5.32 Å². The summed E-state index contributed by atoms with van der Waals surface area (Å²) in [5, 5.41) is 2.90. The van der Waals surface area contributed by atoms with Crippen LogP contribution in [0.1, 0.15) is 39.2 Å². The molecule has 2 fully saturated rings. The lowest BCUT2D eigenvalue weighted by Crippen LogP contribution is -2.64. The Balaban J connectivity index is 1.71. The van der Waals surface area contributed by atoms with Gasteiger partial charge in [0, 0.05) is 18.0 Å². The molecular weight excluding hydrogens is 376 g/mol. The van der Waals surface area contributed by atoms with Gasteiger partial charge in [0.2, 0.25) is 17.7 Å². The topological polar surface area (TPSA) is 66.5 Å². The lowest BCUT2D eigenvalue weighted by atomic mass is 9.62. The third-order valence-corrected chi connectivity index (χ3v) is 7.38. The van der Waals surface area contributed by atoms with Crippen molar-refractivity contribution in [3.63, 3.8) is 0 Å². The summed E-state index contributed by atoms with van der Waals surface area (Å²) in [4.78, 5) is 41.7. The van der Waals surface area contributed by atoms with Crippen LogP contribution in [0.15, 0.2) is 60.7 Å². The van der Waals surface area contributed by atoms with Crippen LogP contribution in [-0.2, 0) is 20.8 Å². The van der Waals surface area contributed by atoms with E-state index in [9.17, 15) is 14.4 Å². The molecule has 1 saturated carbocycles. The van der Waals surface area contributed by atoms with Crippen LogP contribution >= 0.6 is 0 Å². The number of para-hydroxylation sites is 1. The van der Waals surface area contributed by atoms with Crippen molar-refractivity contribution in [3.8, 4) is 0 Å². The monoisotopic (exact) mass is 404 g/mol. The maximum Gasteiger partial charge on any atom is 0.248 e. The molecule has 156 valence electrons. The van der Waals surface area contributed by atoms with E-state index >= 15 is 0 Å². The first-order chi connectivity index (χ1) is 14.3. The first kappa shape index (κ1) is 20.3. The van der Waals surface area contributed by atoms with Gasteiger partial charge in [0.25, 0.3) is 0 Å². The zero-order valence-corrected chi connectivity index (χ0v) is 17.7. The summed E-state index contributed by atoms with van der Waals surface area (Å²) in [6, 6.07) is 17.8. The molecule has 1 heterocycles. The van der Waals surface area contributed by atoms with Crippen molar-refractivity contribution in [2.75, 3.05) is 5.32 Å². The van der Waals surface area contributed by atoms with Gasteiger partial charge in [-0.15, -0.1) is 0 Å². The van der Waals surface area contributed by atoms with Crippen molar-refractivity contribution in [2.24, 2.45) is 16.7 Å². The summed E-state index contributed by atoms with van der Waals surface area (Å²) >= 11 is 0. The fraction of sp³-hybridized carbons (Fsp3) is 0.400. The Bertz CT molecular complexity index is 970. The number of nitrogens with zero attached hydrogens (tertiary/aromatic N) is 1. The Morgan fingerprint density at radius 2 is 1.63 bits per heavy atom. The predicted octanol–water partition coefficient (Wildman–Crippen LogP) is 4.05. The Hall–Kier alpha value is -2.95. The van der Waals surface area contributed by atoms with Crippen LogP contribution in [0.5, 0.6) is 0 Å². The lowest BCUT2D eigenvalue weighted by molar-refractivity contribution is -0.172. The van der Waals surface area contributed by atoms with E-state index in [1.165, 1.54) is 4.90 Å². The first-order valence-electron chi connectivity index (χ1n) is 10.5. The number of fused-ring (bicyclic) bond motifs is 2. The summed E-state index contributed by atoms with van der Waals surface area (Å²) in [6.45, 7) is 5.96. The molecule has 3 unspecified atom stereocenters. The van der Waals surface area contributed by atoms with Gasteiger partial charge in [0.15, 0.2) is 0 Å². The van der Waals surface area contributed by atoms with Crippen LogP contribution in [0.25, 0.3) is 0 Å². The SMILES string of the molecule is CC12CCC(C(=O)N(C(Cc3ccccc3)C(=O)Nc3ccccc3)C1=O)C2(C)C. The molecule has 2 aliphatic rings. The number of amides is 3. The molecule has 30 heavy (non-hydrogen) atoms. The number of piperidine rings is 1. The Morgan fingerprint density at radius 3 is 2.27 bits per heavy atom. The van der Waals surface area contributed by atoms with E-state index in [2.05, 4.69) is 5.32 Å². The van der Waals surface area contributed by atoms with Gasteiger partial charge in [-0.25, -0.2) is 0 Å². The zero-order chi connectivity index (χ0) is 21.5. The van der Waals surface area contributed by atoms with Crippen molar-refractivity contribution < 1.29 is 14.4 Å². The van der Waals surface area contributed by atoms with E-state index in [1.54, 1.807) is 12.1 Å². The molecule has 2 aromatic rings.